The average molecular weight is 366 g/mol. The zero-order valence-corrected chi connectivity index (χ0v) is 14.8. The Labute approximate surface area is 155 Å². The normalized spacial score (nSPS) is 12.2. The van der Waals surface area contributed by atoms with Gasteiger partial charge in [-0.3, -0.25) is 4.79 Å². The van der Waals surface area contributed by atoms with Crippen molar-refractivity contribution in [3.05, 3.63) is 71.8 Å². The van der Waals surface area contributed by atoms with Gasteiger partial charge >= 0.3 is 0 Å². The number of carbonyl (C=O) groups is 1. The van der Waals surface area contributed by atoms with Gasteiger partial charge in [-0.1, -0.05) is 41.9 Å². The topological polar surface area (TPSA) is 51.5 Å². The molecule has 0 unspecified atom stereocenters. The smallest absolute Gasteiger partial charge is 0.265 e. The van der Waals surface area contributed by atoms with Crippen molar-refractivity contribution in [2.24, 2.45) is 0 Å². The Morgan fingerprint density at radius 1 is 1.00 bits per heavy atom. The molecular weight excluding hydrogens is 350 g/mol. The number of benzene rings is 3. The molecule has 0 saturated heterocycles. The molecule has 1 N–H and O–H groups in total. The summed E-state index contributed by atoms with van der Waals surface area (Å²) in [4.78, 5) is 12.4. The van der Waals surface area contributed by atoms with Gasteiger partial charge in [0.25, 0.3) is 5.91 Å². The number of hydrogen-bond donors (Lipinski definition) is 1. The van der Waals surface area contributed by atoms with E-state index in [-0.39, 0.29) is 5.91 Å². The maximum Gasteiger partial charge on any atom is 0.265 e. The summed E-state index contributed by atoms with van der Waals surface area (Å²) in [6.45, 7) is 1.68. The van der Waals surface area contributed by atoms with Crippen molar-refractivity contribution in [1.82, 2.24) is 0 Å². The fraction of sp³-hybridized carbons (Fsp3) is 0.0952. The molecule has 0 aliphatic rings. The SMILES string of the molecule is C[C@H](Oc1ccccc1Cl)C(=O)Nc1ccc2c(c1)oc1ccccc12. The largest absolute Gasteiger partial charge is 0.479 e. The molecule has 1 atom stereocenters. The number of hydrogen-bond acceptors (Lipinski definition) is 3. The van der Waals surface area contributed by atoms with Crippen molar-refractivity contribution in [3.63, 3.8) is 0 Å². The molecule has 130 valence electrons. The number of rotatable bonds is 4. The first-order valence-electron chi connectivity index (χ1n) is 8.25. The van der Waals surface area contributed by atoms with Gasteiger partial charge in [-0.2, -0.15) is 0 Å². The fourth-order valence-electron chi connectivity index (χ4n) is 2.83. The van der Waals surface area contributed by atoms with Crippen LogP contribution in [0.4, 0.5) is 5.69 Å². The first kappa shape index (κ1) is 16.5. The van der Waals surface area contributed by atoms with Crippen LogP contribution in [0.5, 0.6) is 5.75 Å². The highest BCUT2D eigenvalue weighted by Gasteiger charge is 2.17. The van der Waals surface area contributed by atoms with E-state index in [0.717, 1.165) is 21.9 Å². The molecule has 4 aromatic rings. The van der Waals surface area contributed by atoms with E-state index in [1.807, 2.05) is 48.5 Å². The highest BCUT2D eigenvalue weighted by Crippen LogP contribution is 2.30. The Kier molecular flexibility index (Phi) is 4.27. The summed E-state index contributed by atoms with van der Waals surface area (Å²) in [5.74, 6) is 0.213. The number of anilines is 1. The lowest BCUT2D eigenvalue weighted by molar-refractivity contribution is -0.122. The summed E-state index contributed by atoms with van der Waals surface area (Å²) in [6, 6.07) is 20.5. The lowest BCUT2D eigenvalue weighted by Gasteiger charge is -2.15. The maximum absolute atomic E-state index is 12.4. The third kappa shape index (κ3) is 3.11. The van der Waals surface area contributed by atoms with Crippen molar-refractivity contribution in [3.8, 4) is 5.75 Å². The molecule has 0 saturated carbocycles. The monoisotopic (exact) mass is 365 g/mol. The van der Waals surface area contributed by atoms with Crippen molar-refractivity contribution in [2.45, 2.75) is 13.0 Å². The minimum absolute atomic E-state index is 0.264. The Morgan fingerprint density at radius 2 is 1.73 bits per heavy atom. The number of ether oxygens (including phenoxy) is 1. The molecule has 5 heteroatoms. The molecule has 1 aromatic heterocycles. The molecule has 4 nitrogen and oxygen atoms in total. The summed E-state index contributed by atoms with van der Waals surface area (Å²) >= 11 is 6.07. The Balaban J connectivity index is 1.53. The van der Waals surface area contributed by atoms with Crippen molar-refractivity contribution < 1.29 is 13.9 Å². The lowest BCUT2D eigenvalue weighted by atomic mass is 10.1. The summed E-state index contributed by atoms with van der Waals surface area (Å²) in [5, 5.41) is 5.38. The molecular formula is C21H16ClNO3. The first-order chi connectivity index (χ1) is 12.6. The Morgan fingerprint density at radius 3 is 2.58 bits per heavy atom. The zero-order chi connectivity index (χ0) is 18.1. The molecule has 0 bridgehead atoms. The third-order valence-corrected chi connectivity index (χ3v) is 4.47. The quantitative estimate of drug-likeness (QED) is 0.508. The summed E-state index contributed by atoms with van der Waals surface area (Å²) < 4.78 is 11.5. The number of carbonyl (C=O) groups excluding carboxylic acids is 1. The maximum atomic E-state index is 12.4. The van der Waals surface area contributed by atoms with Gasteiger partial charge < -0.3 is 14.5 Å². The van der Waals surface area contributed by atoms with Crippen molar-refractivity contribution in [2.75, 3.05) is 5.32 Å². The summed E-state index contributed by atoms with van der Waals surface area (Å²) in [6.07, 6.45) is -0.693. The summed E-state index contributed by atoms with van der Waals surface area (Å²) in [5.41, 5.74) is 2.20. The van der Waals surface area contributed by atoms with Crippen LogP contribution >= 0.6 is 11.6 Å². The van der Waals surface area contributed by atoms with E-state index in [4.69, 9.17) is 20.8 Å². The molecule has 26 heavy (non-hydrogen) atoms. The number of amides is 1. The molecule has 3 aromatic carbocycles. The predicted molar refractivity (Wildman–Crippen MR) is 104 cm³/mol. The number of nitrogens with one attached hydrogen (secondary N) is 1. The molecule has 1 amide bonds. The molecule has 0 aliphatic carbocycles. The van der Waals surface area contributed by atoms with Crippen LogP contribution in [0.25, 0.3) is 21.9 Å². The number of para-hydroxylation sites is 2. The van der Waals surface area contributed by atoms with Crippen LogP contribution in [0.1, 0.15) is 6.92 Å². The number of fused-ring (bicyclic) bond motifs is 3. The van der Waals surface area contributed by atoms with Crippen molar-refractivity contribution in [1.29, 1.82) is 0 Å². The highest BCUT2D eigenvalue weighted by molar-refractivity contribution is 6.32. The van der Waals surface area contributed by atoms with Gasteiger partial charge in [-0.25, -0.2) is 0 Å². The highest BCUT2D eigenvalue weighted by atomic mass is 35.5. The second-order valence-electron chi connectivity index (χ2n) is 5.99. The Hall–Kier alpha value is -2.98. The van der Waals surface area contributed by atoms with Gasteiger partial charge in [0.2, 0.25) is 0 Å². The Bertz CT molecular complexity index is 1100. The van der Waals surface area contributed by atoms with Crippen LogP contribution in [-0.4, -0.2) is 12.0 Å². The van der Waals surface area contributed by atoms with E-state index in [1.165, 1.54) is 0 Å². The standard InChI is InChI=1S/C21H16ClNO3/c1-13(25-19-9-5-3-7-17(19)22)21(24)23-14-10-11-16-15-6-2-4-8-18(15)26-20(16)12-14/h2-13H,1H3,(H,23,24)/t13-/m0/s1. The lowest BCUT2D eigenvalue weighted by Crippen LogP contribution is -2.30. The molecule has 4 rings (SSSR count). The van der Waals surface area contributed by atoms with Gasteiger partial charge in [-0.15, -0.1) is 0 Å². The first-order valence-corrected chi connectivity index (χ1v) is 8.63. The minimum Gasteiger partial charge on any atom is -0.479 e. The van der Waals surface area contributed by atoms with Crippen LogP contribution < -0.4 is 10.1 Å². The second kappa shape index (κ2) is 6.73. The van der Waals surface area contributed by atoms with Crippen LogP contribution in [0.15, 0.2) is 71.1 Å². The summed E-state index contributed by atoms with van der Waals surface area (Å²) in [7, 11) is 0. The van der Waals surface area contributed by atoms with Crippen molar-refractivity contribution >= 4 is 45.1 Å². The van der Waals surface area contributed by atoms with E-state index in [1.54, 1.807) is 25.1 Å². The van der Waals surface area contributed by atoms with E-state index in [0.29, 0.717) is 16.5 Å². The molecule has 0 fully saturated rings. The molecule has 0 aliphatic heterocycles. The van der Waals surface area contributed by atoms with Gasteiger partial charge in [0, 0.05) is 22.5 Å². The fourth-order valence-corrected chi connectivity index (χ4v) is 3.01. The zero-order valence-electron chi connectivity index (χ0n) is 14.0. The third-order valence-electron chi connectivity index (χ3n) is 4.16. The molecule has 1 heterocycles. The van der Waals surface area contributed by atoms with E-state index < -0.39 is 6.10 Å². The molecule has 0 spiro atoms. The van der Waals surface area contributed by atoms with Crippen LogP contribution in [0.2, 0.25) is 5.02 Å². The van der Waals surface area contributed by atoms with Gasteiger partial charge in [-0.05, 0) is 37.3 Å². The van der Waals surface area contributed by atoms with E-state index in [2.05, 4.69) is 5.32 Å². The van der Waals surface area contributed by atoms with E-state index in [9.17, 15) is 4.79 Å². The second-order valence-corrected chi connectivity index (χ2v) is 6.40. The van der Waals surface area contributed by atoms with Crippen LogP contribution in [-0.2, 0) is 4.79 Å². The van der Waals surface area contributed by atoms with Gasteiger partial charge in [0.05, 0.1) is 5.02 Å². The van der Waals surface area contributed by atoms with Gasteiger partial charge in [0.15, 0.2) is 6.10 Å². The molecule has 0 radical (unpaired) electrons. The average Bonchev–Trinajstić information content (AvgIpc) is 3.01. The minimum atomic E-state index is -0.693. The number of furan rings is 1. The van der Waals surface area contributed by atoms with Gasteiger partial charge in [0.1, 0.15) is 16.9 Å². The van der Waals surface area contributed by atoms with Crippen LogP contribution in [0.3, 0.4) is 0 Å². The van der Waals surface area contributed by atoms with E-state index >= 15 is 0 Å². The van der Waals surface area contributed by atoms with Crippen LogP contribution in [0, 0.1) is 0 Å². The predicted octanol–water partition coefficient (Wildman–Crippen LogP) is 5.65. The number of halogens is 1.